The molecule has 11 heteroatoms. The molecular weight excluding hydrogens is 412 g/mol. The third kappa shape index (κ3) is 3.19. The predicted octanol–water partition coefficient (Wildman–Crippen LogP) is 0.283. The van der Waals surface area contributed by atoms with Crippen LogP contribution in [0, 0.1) is 5.41 Å². The van der Waals surface area contributed by atoms with E-state index in [0.717, 1.165) is 69.6 Å². The minimum atomic E-state index is -0.339. The summed E-state index contributed by atoms with van der Waals surface area (Å²) in [7, 11) is 0. The molecule has 32 heavy (non-hydrogen) atoms. The topological polar surface area (TPSA) is 119 Å². The number of rotatable bonds is 5. The van der Waals surface area contributed by atoms with Gasteiger partial charge in [0.2, 0.25) is 5.91 Å². The molecule has 0 aromatic carbocycles. The van der Waals surface area contributed by atoms with Gasteiger partial charge in [0.05, 0.1) is 29.2 Å². The SMILES string of the molecule is O=C1C=C(N2C(=O)C3(CCN(CCc4cnc(-n5cnnn5)cn4)CC3)CC23CC3)CO1. The number of carbonyl (C=O) groups is 2. The number of amides is 1. The van der Waals surface area contributed by atoms with Crippen molar-refractivity contribution in [2.75, 3.05) is 26.2 Å². The Morgan fingerprint density at radius 2 is 1.91 bits per heavy atom. The van der Waals surface area contributed by atoms with Crippen LogP contribution < -0.4 is 0 Å². The summed E-state index contributed by atoms with van der Waals surface area (Å²) in [5, 5.41) is 11.0. The molecule has 2 aromatic heterocycles. The maximum Gasteiger partial charge on any atom is 0.333 e. The Balaban J connectivity index is 1.07. The number of cyclic esters (lactones) is 1. The van der Waals surface area contributed by atoms with E-state index < -0.39 is 0 Å². The molecule has 0 radical (unpaired) electrons. The number of hydrogen-bond acceptors (Lipinski definition) is 9. The van der Waals surface area contributed by atoms with Crippen LogP contribution in [0.2, 0.25) is 0 Å². The van der Waals surface area contributed by atoms with Gasteiger partial charge in [0.1, 0.15) is 12.9 Å². The molecule has 3 fully saturated rings. The van der Waals surface area contributed by atoms with Gasteiger partial charge in [-0.2, -0.15) is 4.68 Å². The van der Waals surface area contributed by atoms with Crippen LogP contribution in [-0.4, -0.2) is 83.6 Å². The van der Waals surface area contributed by atoms with Gasteiger partial charge in [0.15, 0.2) is 5.82 Å². The molecule has 3 aliphatic heterocycles. The zero-order chi connectivity index (χ0) is 21.8. The van der Waals surface area contributed by atoms with Crippen molar-refractivity contribution in [3.8, 4) is 5.82 Å². The highest BCUT2D eigenvalue weighted by atomic mass is 16.5. The van der Waals surface area contributed by atoms with Gasteiger partial charge < -0.3 is 14.5 Å². The van der Waals surface area contributed by atoms with Crippen LogP contribution >= 0.6 is 0 Å². The summed E-state index contributed by atoms with van der Waals surface area (Å²) < 4.78 is 6.56. The first-order chi connectivity index (χ1) is 15.6. The Morgan fingerprint density at radius 3 is 2.53 bits per heavy atom. The summed E-state index contributed by atoms with van der Waals surface area (Å²) in [5.74, 6) is 0.443. The van der Waals surface area contributed by atoms with E-state index >= 15 is 0 Å². The molecule has 6 rings (SSSR count). The van der Waals surface area contributed by atoms with E-state index in [9.17, 15) is 9.59 Å². The quantitative estimate of drug-likeness (QED) is 0.609. The van der Waals surface area contributed by atoms with Gasteiger partial charge in [-0.05, 0) is 55.6 Å². The van der Waals surface area contributed by atoms with Crippen LogP contribution in [0.15, 0.2) is 30.5 Å². The van der Waals surface area contributed by atoms with Crippen LogP contribution in [0.4, 0.5) is 0 Å². The molecule has 1 aliphatic carbocycles. The van der Waals surface area contributed by atoms with Crippen molar-refractivity contribution in [2.45, 2.75) is 44.1 Å². The normalized spacial score (nSPS) is 23.8. The van der Waals surface area contributed by atoms with E-state index in [0.29, 0.717) is 5.82 Å². The largest absolute Gasteiger partial charge is 0.456 e. The molecule has 0 atom stereocenters. The second kappa shape index (κ2) is 7.16. The number of aromatic nitrogens is 6. The molecule has 11 nitrogen and oxygen atoms in total. The lowest BCUT2D eigenvalue weighted by molar-refractivity contribution is -0.139. The van der Waals surface area contributed by atoms with Gasteiger partial charge in [0.25, 0.3) is 0 Å². The number of esters is 1. The van der Waals surface area contributed by atoms with Crippen LogP contribution in [0.25, 0.3) is 5.82 Å². The van der Waals surface area contributed by atoms with Crippen LogP contribution in [0.1, 0.15) is 37.8 Å². The van der Waals surface area contributed by atoms with Crippen molar-refractivity contribution >= 4 is 11.9 Å². The monoisotopic (exact) mass is 436 g/mol. The Bertz CT molecular complexity index is 1070. The van der Waals surface area contributed by atoms with E-state index in [1.165, 1.54) is 17.1 Å². The van der Waals surface area contributed by atoms with Gasteiger partial charge >= 0.3 is 5.97 Å². The van der Waals surface area contributed by atoms with Crippen molar-refractivity contribution in [1.29, 1.82) is 0 Å². The first kappa shape index (κ1) is 19.5. The molecule has 0 N–H and O–H groups in total. The lowest BCUT2D eigenvalue weighted by atomic mass is 9.75. The minimum absolute atomic E-state index is 0.0734. The van der Waals surface area contributed by atoms with E-state index in [1.54, 1.807) is 12.4 Å². The van der Waals surface area contributed by atoms with Gasteiger partial charge in [0, 0.05) is 24.6 Å². The summed E-state index contributed by atoms with van der Waals surface area (Å²) >= 11 is 0. The number of ether oxygens (including phenoxy) is 1. The molecule has 0 bridgehead atoms. The number of tetrazole rings is 1. The third-order valence-electron chi connectivity index (χ3n) is 7.33. The highest BCUT2D eigenvalue weighted by molar-refractivity contribution is 5.92. The van der Waals surface area contributed by atoms with E-state index in [2.05, 4.69) is 30.4 Å². The van der Waals surface area contributed by atoms with Gasteiger partial charge in [-0.1, -0.05) is 0 Å². The number of nitrogens with zero attached hydrogens (tertiary/aromatic N) is 8. The van der Waals surface area contributed by atoms with Crippen molar-refractivity contribution in [1.82, 2.24) is 40.0 Å². The lowest BCUT2D eigenvalue weighted by Crippen LogP contribution is -2.45. The smallest absolute Gasteiger partial charge is 0.333 e. The molecule has 1 amide bonds. The molecule has 166 valence electrons. The standard InChI is InChI=1S/C21H24N8O3/c30-18-9-16(12-32-18)29-19(31)20(13-21(29)2-3-21)4-7-27(8-5-20)6-1-15-10-23-17(11-22-15)28-14-24-25-26-28/h9-11,14H,1-8,12-13H2. The zero-order valence-electron chi connectivity index (χ0n) is 17.7. The van der Waals surface area contributed by atoms with Crippen molar-refractivity contribution in [2.24, 2.45) is 5.41 Å². The molecule has 2 spiro atoms. The van der Waals surface area contributed by atoms with Crippen LogP contribution in [-0.2, 0) is 20.7 Å². The fourth-order valence-corrected chi connectivity index (χ4v) is 5.44. The summed E-state index contributed by atoms with van der Waals surface area (Å²) in [5.41, 5.74) is 1.29. The fraction of sp³-hybridized carbons (Fsp3) is 0.571. The Hall–Kier alpha value is -3.21. The fourth-order valence-electron chi connectivity index (χ4n) is 5.44. The van der Waals surface area contributed by atoms with Gasteiger partial charge in [-0.15, -0.1) is 5.10 Å². The summed E-state index contributed by atoms with van der Waals surface area (Å²) in [6.07, 6.45) is 11.9. The molecule has 4 aliphatic rings. The number of carbonyl (C=O) groups excluding carboxylic acids is 2. The Morgan fingerprint density at radius 1 is 1.06 bits per heavy atom. The minimum Gasteiger partial charge on any atom is -0.456 e. The van der Waals surface area contributed by atoms with Gasteiger partial charge in [-0.3, -0.25) is 9.78 Å². The summed E-state index contributed by atoms with van der Waals surface area (Å²) in [6.45, 7) is 2.88. The number of piperidine rings is 1. The molecule has 2 saturated heterocycles. The predicted molar refractivity (Wildman–Crippen MR) is 109 cm³/mol. The molecule has 0 unspecified atom stereocenters. The zero-order valence-corrected chi connectivity index (χ0v) is 17.7. The van der Waals surface area contributed by atoms with Crippen molar-refractivity contribution in [3.63, 3.8) is 0 Å². The first-order valence-corrected chi connectivity index (χ1v) is 11.1. The first-order valence-electron chi connectivity index (χ1n) is 11.1. The second-order valence-electron chi connectivity index (χ2n) is 9.28. The highest BCUT2D eigenvalue weighted by Crippen LogP contribution is 2.60. The second-order valence-corrected chi connectivity index (χ2v) is 9.28. The number of hydrogen-bond donors (Lipinski definition) is 0. The van der Waals surface area contributed by atoms with Crippen LogP contribution in [0.3, 0.4) is 0 Å². The maximum absolute atomic E-state index is 13.5. The highest BCUT2D eigenvalue weighted by Gasteiger charge is 2.65. The average Bonchev–Trinajstić information content (AvgIpc) is 3.15. The molecular formula is C21H24N8O3. The van der Waals surface area contributed by atoms with Crippen molar-refractivity contribution in [3.05, 3.63) is 36.2 Å². The van der Waals surface area contributed by atoms with E-state index in [1.807, 2.05) is 4.90 Å². The molecule has 1 saturated carbocycles. The maximum atomic E-state index is 13.5. The Labute approximate surface area is 184 Å². The Kier molecular flexibility index (Phi) is 4.36. The average molecular weight is 436 g/mol. The summed E-state index contributed by atoms with van der Waals surface area (Å²) in [4.78, 5) is 38.3. The molecule has 2 aromatic rings. The lowest BCUT2D eigenvalue weighted by Gasteiger charge is -2.37. The molecule has 5 heterocycles. The van der Waals surface area contributed by atoms with E-state index in [4.69, 9.17) is 4.74 Å². The summed E-state index contributed by atoms with van der Waals surface area (Å²) in [6, 6.07) is 0. The van der Waals surface area contributed by atoms with Crippen molar-refractivity contribution < 1.29 is 14.3 Å². The van der Waals surface area contributed by atoms with Gasteiger partial charge in [-0.25, -0.2) is 9.78 Å². The van der Waals surface area contributed by atoms with E-state index in [-0.39, 0.29) is 29.4 Å². The third-order valence-corrected chi connectivity index (χ3v) is 7.33. The number of likely N-dealkylation sites (tertiary alicyclic amines) is 2. The van der Waals surface area contributed by atoms with Crippen LogP contribution in [0.5, 0.6) is 0 Å².